The minimum Gasteiger partial charge on any atom is -0.309 e. The lowest BCUT2D eigenvalue weighted by Gasteiger charge is -2.13. The maximum Gasteiger partial charge on any atom is 0.210 e. The van der Waals surface area contributed by atoms with Crippen molar-refractivity contribution >= 4 is 21.6 Å². The van der Waals surface area contributed by atoms with Gasteiger partial charge in [0.2, 0.25) is 10.0 Å². The molecule has 1 aromatic carbocycles. The minimum absolute atomic E-state index is 0.0646. The standard InChI is InChI=1S/C10H15ClN2O2S/c1-8(13-6-7-16(12,14)15)9-2-4-10(11)5-3-9/h2-5,8,13H,6-7H2,1H3,(H2,12,14,15)/t8-/m0/s1. The summed E-state index contributed by atoms with van der Waals surface area (Å²) in [5, 5.41) is 8.65. The summed E-state index contributed by atoms with van der Waals surface area (Å²) >= 11 is 5.76. The quantitative estimate of drug-likeness (QED) is 0.840. The van der Waals surface area contributed by atoms with Crippen LogP contribution < -0.4 is 10.5 Å². The second-order valence-electron chi connectivity index (χ2n) is 3.59. The first-order valence-electron chi connectivity index (χ1n) is 4.88. The third kappa shape index (κ3) is 4.94. The summed E-state index contributed by atoms with van der Waals surface area (Å²) < 4.78 is 21.4. The number of nitrogens with one attached hydrogen (secondary N) is 1. The van der Waals surface area contributed by atoms with Gasteiger partial charge >= 0.3 is 0 Å². The van der Waals surface area contributed by atoms with E-state index in [4.69, 9.17) is 16.7 Å². The molecule has 0 bridgehead atoms. The van der Waals surface area contributed by atoms with Gasteiger partial charge in [0.05, 0.1) is 5.75 Å². The third-order valence-electron chi connectivity index (χ3n) is 2.21. The molecule has 4 nitrogen and oxygen atoms in total. The monoisotopic (exact) mass is 262 g/mol. The average molecular weight is 263 g/mol. The number of halogens is 1. The first-order valence-corrected chi connectivity index (χ1v) is 6.97. The van der Waals surface area contributed by atoms with Crippen molar-refractivity contribution < 1.29 is 8.42 Å². The van der Waals surface area contributed by atoms with Gasteiger partial charge < -0.3 is 5.32 Å². The van der Waals surface area contributed by atoms with E-state index in [0.717, 1.165) is 5.56 Å². The van der Waals surface area contributed by atoms with Gasteiger partial charge in [-0.25, -0.2) is 13.6 Å². The maximum absolute atomic E-state index is 10.7. The summed E-state index contributed by atoms with van der Waals surface area (Å²) in [7, 11) is -3.39. The number of hydrogen-bond donors (Lipinski definition) is 2. The molecule has 0 unspecified atom stereocenters. The topological polar surface area (TPSA) is 72.2 Å². The maximum atomic E-state index is 10.7. The van der Waals surface area contributed by atoms with E-state index < -0.39 is 10.0 Å². The molecule has 0 saturated heterocycles. The Morgan fingerprint density at radius 1 is 1.38 bits per heavy atom. The molecule has 0 saturated carbocycles. The Labute approximate surface area is 101 Å². The van der Waals surface area contributed by atoms with Crippen LogP contribution in [0.3, 0.4) is 0 Å². The average Bonchev–Trinajstić information content (AvgIpc) is 2.16. The van der Waals surface area contributed by atoms with E-state index in [2.05, 4.69) is 5.32 Å². The highest BCUT2D eigenvalue weighted by Crippen LogP contribution is 2.15. The van der Waals surface area contributed by atoms with Crippen molar-refractivity contribution in [2.45, 2.75) is 13.0 Å². The van der Waals surface area contributed by atoms with Crippen molar-refractivity contribution in [1.29, 1.82) is 0 Å². The normalized spacial score (nSPS) is 13.7. The molecule has 0 aliphatic rings. The van der Waals surface area contributed by atoms with Gasteiger partial charge in [0, 0.05) is 17.6 Å². The van der Waals surface area contributed by atoms with Crippen LogP contribution in [0.1, 0.15) is 18.5 Å². The fourth-order valence-electron chi connectivity index (χ4n) is 1.29. The van der Waals surface area contributed by atoms with Crippen molar-refractivity contribution in [3.63, 3.8) is 0 Å². The minimum atomic E-state index is -3.39. The largest absolute Gasteiger partial charge is 0.309 e. The van der Waals surface area contributed by atoms with Crippen LogP contribution in [0.25, 0.3) is 0 Å². The number of sulfonamides is 1. The van der Waals surface area contributed by atoms with Gasteiger partial charge in [-0.1, -0.05) is 23.7 Å². The molecule has 3 N–H and O–H groups in total. The number of hydrogen-bond acceptors (Lipinski definition) is 3. The Morgan fingerprint density at radius 2 is 1.94 bits per heavy atom. The predicted molar refractivity (Wildman–Crippen MR) is 65.8 cm³/mol. The van der Waals surface area contributed by atoms with Crippen LogP contribution in [0, 0.1) is 0 Å². The van der Waals surface area contributed by atoms with Crippen molar-refractivity contribution in [2.24, 2.45) is 5.14 Å². The van der Waals surface area contributed by atoms with Gasteiger partial charge in [0.1, 0.15) is 0 Å². The summed E-state index contributed by atoms with van der Waals surface area (Å²) in [6.07, 6.45) is 0. The first-order chi connectivity index (χ1) is 7.38. The lowest BCUT2D eigenvalue weighted by atomic mass is 10.1. The SMILES string of the molecule is C[C@H](NCCS(N)(=O)=O)c1ccc(Cl)cc1. The van der Waals surface area contributed by atoms with Crippen LogP contribution in [0.15, 0.2) is 24.3 Å². The molecule has 0 aromatic heterocycles. The van der Waals surface area contributed by atoms with Gasteiger partial charge in [-0.05, 0) is 24.6 Å². The van der Waals surface area contributed by atoms with Crippen molar-refractivity contribution in [1.82, 2.24) is 5.32 Å². The first kappa shape index (κ1) is 13.4. The van der Waals surface area contributed by atoms with Crippen LogP contribution in [-0.2, 0) is 10.0 Å². The van der Waals surface area contributed by atoms with Crippen LogP contribution in [-0.4, -0.2) is 20.7 Å². The Hall–Kier alpha value is -0.620. The molecule has 1 atom stereocenters. The van der Waals surface area contributed by atoms with E-state index in [9.17, 15) is 8.42 Å². The van der Waals surface area contributed by atoms with Crippen LogP contribution in [0.5, 0.6) is 0 Å². The fraction of sp³-hybridized carbons (Fsp3) is 0.400. The van der Waals surface area contributed by atoms with E-state index in [0.29, 0.717) is 11.6 Å². The molecule has 0 fully saturated rings. The molecular formula is C10H15ClN2O2S. The summed E-state index contributed by atoms with van der Waals surface area (Å²) in [4.78, 5) is 0. The number of nitrogens with two attached hydrogens (primary N) is 1. The van der Waals surface area contributed by atoms with Gasteiger partial charge in [-0.2, -0.15) is 0 Å². The molecule has 0 aliphatic carbocycles. The Bertz CT molecular complexity index is 431. The summed E-state index contributed by atoms with van der Waals surface area (Å²) in [5.74, 6) is -0.0646. The highest BCUT2D eigenvalue weighted by Gasteiger charge is 2.06. The zero-order valence-electron chi connectivity index (χ0n) is 8.98. The van der Waals surface area contributed by atoms with Gasteiger partial charge in [0.25, 0.3) is 0 Å². The Balaban J connectivity index is 2.47. The van der Waals surface area contributed by atoms with E-state index in [1.807, 2.05) is 19.1 Å². The lowest BCUT2D eigenvalue weighted by Crippen LogP contribution is -2.28. The summed E-state index contributed by atoms with van der Waals surface area (Å²) in [6, 6.07) is 7.47. The molecule has 90 valence electrons. The van der Waals surface area contributed by atoms with Gasteiger partial charge in [-0.15, -0.1) is 0 Å². The molecule has 6 heteroatoms. The molecule has 16 heavy (non-hydrogen) atoms. The molecule has 0 aliphatic heterocycles. The molecular weight excluding hydrogens is 248 g/mol. The van der Waals surface area contributed by atoms with E-state index >= 15 is 0 Å². The molecule has 1 rings (SSSR count). The number of primary sulfonamides is 1. The van der Waals surface area contributed by atoms with Crippen LogP contribution >= 0.6 is 11.6 Å². The second-order valence-corrected chi connectivity index (χ2v) is 5.76. The summed E-state index contributed by atoms with van der Waals surface area (Å²) in [6.45, 7) is 2.29. The van der Waals surface area contributed by atoms with E-state index in [-0.39, 0.29) is 11.8 Å². The number of benzene rings is 1. The van der Waals surface area contributed by atoms with Crippen molar-refractivity contribution in [3.8, 4) is 0 Å². The molecule has 0 radical (unpaired) electrons. The third-order valence-corrected chi connectivity index (χ3v) is 3.23. The molecule has 0 heterocycles. The predicted octanol–water partition coefficient (Wildman–Crippen LogP) is 1.28. The Kier molecular flexibility index (Phi) is 4.73. The Morgan fingerprint density at radius 3 is 2.44 bits per heavy atom. The smallest absolute Gasteiger partial charge is 0.210 e. The highest BCUT2D eigenvalue weighted by molar-refractivity contribution is 7.89. The highest BCUT2D eigenvalue weighted by atomic mass is 35.5. The van der Waals surface area contributed by atoms with Crippen LogP contribution in [0.4, 0.5) is 0 Å². The lowest BCUT2D eigenvalue weighted by molar-refractivity contribution is 0.573. The molecule has 0 amide bonds. The summed E-state index contributed by atoms with van der Waals surface area (Å²) in [5.41, 5.74) is 1.05. The zero-order chi connectivity index (χ0) is 12.2. The van der Waals surface area contributed by atoms with Crippen molar-refractivity contribution in [3.05, 3.63) is 34.9 Å². The number of rotatable bonds is 5. The second kappa shape index (κ2) is 5.63. The fourth-order valence-corrected chi connectivity index (χ4v) is 1.82. The van der Waals surface area contributed by atoms with Gasteiger partial charge in [-0.3, -0.25) is 0 Å². The zero-order valence-corrected chi connectivity index (χ0v) is 10.6. The molecule has 1 aromatic rings. The van der Waals surface area contributed by atoms with Crippen molar-refractivity contribution in [2.75, 3.05) is 12.3 Å². The van der Waals surface area contributed by atoms with Gasteiger partial charge in [0.15, 0.2) is 0 Å². The molecule has 0 spiro atoms. The van der Waals surface area contributed by atoms with Crippen LogP contribution in [0.2, 0.25) is 5.02 Å². The van der Waals surface area contributed by atoms with E-state index in [1.54, 1.807) is 12.1 Å². The van der Waals surface area contributed by atoms with E-state index in [1.165, 1.54) is 0 Å².